The Morgan fingerprint density at radius 2 is 1.37 bits per heavy atom. The number of rotatable bonds is 20. The molecule has 0 fully saturated rings. The summed E-state index contributed by atoms with van der Waals surface area (Å²) in [5.74, 6) is -0.743. The van der Waals surface area contributed by atoms with Crippen LogP contribution in [0.15, 0.2) is 30.2 Å². The number of carbonyl (C=O) groups is 2. The lowest BCUT2D eigenvalue weighted by molar-refractivity contribution is -0.137. The minimum atomic E-state index is -0.530. The summed E-state index contributed by atoms with van der Waals surface area (Å²) in [7, 11) is 0. The first-order chi connectivity index (χ1) is 17.0. The first-order valence-electron chi connectivity index (χ1n) is 13.3. The van der Waals surface area contributed by atoms with Crippen molar-refractivity contribution in [2.24, 2.45) is 0 Å². The van der Waals surface area contributed by atoms with Crippen LogP contribution in [0.2, 0.25) is 5.02 Å². The summed E-state index contributed by atoms with van der Waals surface area (Å²) in [5, 5.41) is 3.33. The molecule has 0 saturated heterocycles. The first-order valence-corrected chi connectivity index (χ1v) is 13.6. The summed E-state index contributed by atoms with van der Waals surface area (Å²) in [5.41, 5.74) is 0.818. The van der Waals surface area contributed by atoms with E-state index in [0.717, 1.165) is 12.8 Å². The highest BCUT2D eigenvalue weighted by Crippen LogP contribution is 2.25. The van der Waals surface area contributed by atoms with E-state index in [4.69, 9.17) is 25.8 Å². The van der Waals surface area contributed by atoms with Crippen molar-refractivity contribution in [3.8, 4) is 0 Å². The zero-order valence-corrected chi connectivity index (χ0v) is 22.6. The highest BCUT2D eigenvalue weighted by molar-refractivity contribution is 6.33. The number of ether oxygens (including phenoxy) is 3. The van der Waals surface area contributed by atoms with Gasteiger partial charge in [-0.25, -0.2) is 9.59 Å². The molecule has 0 bridgehead atoms. The second kappa shape index (κ2) is 20.0. The minimum absolute atomic E-state index is 0.190. The molecule has 0 aromatic heterocycles. The van der Waals surface area contributed by atoms with Crippen molar-refractivity contribution in [3.63, 3.8) is 0 Å². The fourth-order valence-corrected chi connectivity index (χ4v) is 3.80. The zero-order valence-electron chi connectivity index (χ0n) is 21.8. The van der Waals surface area contributed by atoms with Crippen LogP contribution < -0.4 is 5.32 Å². The lowest BCUT2D eigenvalue weighted by atomic mass is 10.1. The van der Waals surface area contributed by atoms with Gasteiger partial charge in [-0.3, -0.25) is 0 Å². The third-order valence-corrected chi connectivity index (χ3v) is 5.86. The molecule has 7 heteroatoms. The van der Waals surface area contributed by atoms with Crippen LogP contribution in [-0.2, 0) is 19.0 Å². The van der Waals surface area contributed by atoms with Gasteiger partial charge in [-0.05, 0) is 38.5 Å². The number of carbonyl (C=O) groups excluding carboxylic acids is 2. The number of esters is 2. The van der Waals surface area contributed by atoms with Gasteiger partial charge in [0.1, 0.15) is 0 Å². The van der Waals surface area contributed by atoms with Gasteiger partial charge in [-0.15, -0.1) is 0 Å². The molecule has 1 N–H and O–H groups in total. The van der Waals surface area contributed by atoms with Crippen molar-refractivity contribution in [2.45, 2.75) is 97.8 Å². The van der Waals surface area contributed by atoms with E-state index in [1.807, 2.05) is 0 Å². The van der Waals surface area contributed by atoms with E-state index < -0.39 is 11.9 Å². The van der Waals surface area contributed by atoms with Gasteiger partial charge in [-0.1, -0.05) is 89.2 Å². The van der Waals surface area contributed by atoms with Gasteiger partial charge < -0.3 is 19.5 Å². The molecular weight excluding hydrogens is 466 g/mol. The van der Waals surface area contributed by atoms with Gasteiger partial charge in [0.15, 0.2) is 5.88 Å². The summed E-state index contributed by atoms with van der Waals surface area (Å²) < 4.78 is 15.8. The van der Waals surface area contributed by atoms with Crippen LogP contribution in [-0.4, -0.2) is 31.8 Å². The molecule has 0 saturated carbocycles. The van der Waals surface area contributed by atoms with Crippen molar-refractivity contribution in [1.29, 1.82) is 0 Å². The Balaban J connectivity index is 2.35. The van der Waals surface area contributed by atoms with E-state index in [2.05, 4.69) is 12.2 Å². The number of hydrogen-bond acceptors (Lipinski definition) is 6. The molecule has 6 nitrogen and oxygen atoms in total. The lowest BCUT2D eigenvalue weighted by Crippen LogP contribution is -2.11. The average Bonchev–Trinajstić information content (AvgIpc) is 2.83. The van der Waals surface area contributed by atoms with Gasteiger partial charge in [-0.2, -0.15) is 0 Å². The molecule has 0 spiro atoms. The average molecular weight is 510 g/mol. The molecule has 0 atom stereocenters. The van der Waals surface area contributed by atoms with E-state index in [1.54, 1.807) is 32.0 Å². The summed E-state index contributed by atoms with van der Waals surface area (Å²) >= 11 is 6.26. The Morgan fingerprint density at radius 3 is 1.94 bits per heavy atom. The maximum absolute atomic E-state index is 12.5. The van der Waals surface area contributed by atoms with Crippen LogP contribution in [0.5, 0.6) is 0 Å². The normalized spacial score (nSPS) is 11.3. The van der Waals surface area contributed by atoms with Gasteiger partial charge in [0.05, 0.1) is 42.2 Å². The lowest BCUT2D eigenvalue weighted by Gasteiger charge is -2.14. The molecule has 0 unspecified atom stereocenters. The largest absolute Gasteiger partial charge is 0.479 e. The maximum Gasteiger partial charge on any atom is 0.338 e. The molecule has 1 aromatic rings. The molecule has 0 amide bonds. The number of benzene rings is 1. The van der Waals surface area contributed by atoms with Crippen LogP contribution in [0.4, 0.5) is 5.69 Å². The van der Waals surface area contributed by atoms with Gasteiger partial charge in [0, 0.05) is 0 Å². The van der Waals surface area contributed by atoms with Crippen LogP contribution in [0.25, 0.3) is 0 Å². The fraction of sp³-hybridized carbons (Fsp3) is 0.643. The topological polar surface area (TPSA) is 73.9 Å². The second-order valence-electron chi connectivity index (χ2n) is 8.54. The van der Waals surface area contributed by atoms with Crippen molar-refractivity contribution in [2.75, 3.05) is 25.1 Å². The van der Waals surface area contributed by atoms with Crippen molar-refractivity contribution in [1.82, 2.24) is 0 Å². The maximum atomic E-state index is 12.5. The van der Waals surface area contributed by atoms with Crippen molar-refractivity contribution < 1.29 is 23.8 Å². The summed E-state index contributed by atoms with van der Waals surface area (Å²) in [6.07, 6.45) is 16.3. The Kier molecular flexibility index (Phi) is 17.6. The standard InChI is InChI=1S/C28H44ClNO5/c1-4-7-8-9-10-11-12-13-14-15-16-17-20-35-28(32)23-18-19-24(29)25(21-23)30-26(33-5-2)22-27(31)34-6-3/h18-19,21-22,30H,4-17,20H2,1-3H3. The molecule has 198 valence electrons. The monoisotopic (exact) mass is 509 g/mol. The van der Waals surface area contributed by atoms with Gasteiger partial charge in [0.2, 0.25) is 0 Å². The van der Waals surface area contributed by atoms with Gasteiger partial charge >= 0.3 is 11.9 Å². The summed E-state index contributed by atoms with van der Waals surface area (Å²) in [6, 6.07) is 4.82. The van der Waals surface area contributed by atoms with Gasteiger partial charge in [0.25, 0.3) is 0 Å². The van der Waals surface area contributed by atoms with E-state index in [0.29, 0.717) is 29.5 Å². The Labute approximate surface area is 216 Å². The highest BCUT2D eigenvalue weighted by Gasteiger charge is 2.12. The van der Waals surface area contributed by atoms with Crippen molar-refractivity contribution >= 4 is 29.2 Å². The zero-order chi connectivity index (χ0) is 25.7. The molecule has 1 rings (SSSR count). The fourth-order valence-electron chi connectivity index (χ4n) is 3.63. The third-order valence-electron chi connectivity index (χ3n) is 5.53. The molecule has 0 heterocycles. The number of halogens is 1. The van der Waals surface area contributed by atoms with E-state index in [1.165, 1.54) is 70.3 Å². The second-order valence-corrected chi connectivity index (χ2v) is 8.95. The van der Waals surface area contributed by atoms with E-state index in [-0.39, 0.29) is 12.5 Å². The van der Waals surface area contributed by atoms with Crippen LogP contribution in [0, 0.1) is 0 Å². The number of nitrogens with one attached hydrogen (secondary N) is 1. The molecule has 0 aliphatic heterocycles. The molecule has 0 aliphatic carbocycles. The summed E-state index contributed by atoms with van der Waals surface area (Å²) in [6.45, 7) is 6.77. The SMILES string of the molecule is CCCCCCCCCCCCCCOC(=O)c1ccc(Cl)c(NC(=CC(=O)OCC)OCC)c1. The molecule has 35 heavy (non-hydrogen) atoms. The van der Waals surface area contributed by atoms with Crippen LogP contribution in [0.3, 0.4) is 0 Å². The van der Waals surface area contributed by atoms with E-state index in [9.17, 15) is 9.59 Å². The van der Waals surface area contributed by atoms with Crippen molar-refractivity contribution in [3.05, 3.63) is 40.7 Å². The Morgan fingerprint density at radius 1 is 0.800 bits per heavy atom. The minimum Gasteiger partial charge on any atom is -0.479 e. The molecule has 0 radical (unpaired) electrons. The third kappa shape index (κ3) is 14.7. The Bertz CT molecular complexity index is 766. The molecule has 0 aliphatic rings. The molecule has 1 aromatic carbocycles. The number of anilines is 1. The van der Waals surface area contributed by atoms with Crippen LogP contribution in [0.1, 0.15) is 108 Å². The smallest absolute Gasteiger partial charge is 0.338 e. The predicted octanol–water partition coefficient (Wildman–Crippen LogP) is 8.05. The highest BCUT2D eigenvalue weighted by atomic mass is 35.5. The predicted molar refractivity (Wildman–Crippen MR) is 143 cm³/mol. The number of hydrogen-bond donors (Lipinski definition) is 1. The number of unbranched alkanes of at least 4 members (excludes halogenated alkanes) is 11. The first kappa shape index (κ1) is 30.8. The quantitative estimate of drug-likeness (QED) is 0.0829. The van der Waals surface area contributed by atoms with E-state index >= 15 is 0 Å². The van der Waals surface area contributed by atoms with Crippen LogP contribution >= 0.6 is 11.6 Å². The Hall–Kier alpha value is -2.21. The molecular formula is C28H44ClNO5. The summed E-state index contributed by atoms with van der Waals surface area (Å²) in [4.78, 5) is 24.2.